The van der Waals surface area contributed by atoms with Gasteiger partial charge in [0, 0.05) is 35.4 Å². The molecule has 4 bridgehead atoms. The number of carbonyl (C=O) groups excluding carboxylic acids is 2. The molecule has 5 aliphatic heterocycles. The lowest BCUT2D eigenvalue weighted by atomic mass is 9.69. The maximum Gasteiger partial charge on any atom is 0.326 e. The Bertz CT molecular complexity index is 2110. The van der Waals surface area contributed by atoms with Crippen LogP contribution in [-0.2, 0) is 46.1 Å². The van der Waals surface area contributed by atoms with Gasteiger partial charge < -0.3 is 38.6 Å². The molecular weight excluding hydrogens is 715 g/mol. The summed E-state index contributed by atoms with van der Waals surface area (Å²) in [7, 11) is 5.01. The summed E-state index contributed by atoms with van der Waals surface area (Å²) in [5.74, 6) is 0.293. The Hall–Kier alpha value is -4.42. The van der Waals surface area contributed by atoms with Gasteiger partial charge in [-0.2, -0.15) is 5.26 Å². The van der Waals surface area contributed by atoms with Crippen molar-refractivity contribution in [3.8, 4) is 29.1 Å². The summed E-state index contributed by atoms with van der Waals surface area (Å²) in [5, 5.41) is 33.5. The van der Waals surface area contributed by atoms with Crippen molar-refractivity contribution in [1.82, 2.24) is 9.80 Å². The van der Waals surface area contributed by atoms with Crippen LogP contribution < -0.4 is 9.47 Å². The fourth-order valence-corrected chi connectivity index (χ4v) is 12.6. The number of hydrogen-bond donors (Lipinski definition) is 2. The van der Waals surface area contributed by atoms with Crippen molar-refractivity contribution in [3.05, 3.63) is 68.5 Å². The van der Waals surface area contributed by atoms with Crippen LogP contribution in [0.1, 0.15) is 60.5 Å². The van der Waals surface area contributed by atoms with Crippen LogP contribution in [0.15, 0.2) is 40.7 Å². The van der Waals surface area contributed by atoms with Crippen LogP contribution in [0.25, 0.3) is 0 Å². The van der Waals surface area contributed by atoms with E-state index >= 15 is 0 Å². The van der Waals surface area contributed by atoms with E-state index in [0.29, 0.717) is 53.9 Å². The smallest absolute Gasteiger partial charge is 0.326 e. The largest absolute Gasteiger partial charge is 0.504 e. The summed E-state index contributed by atoms with van der Waals surface area (Å²) in [4.78, 5) is 32.4. The fraction of sp³-hybridized carbons (Fsp3) is 0.525. The monoisotopic (exact) mass is 757 g/mol. The topological polar surface area (TPSA) is 160 Å². The molecule has 284 valence electrons. The maximum atomic E-state index is 15.0. The number of phenolic OH excluding ortho intramolecular Hbond substituents is 2. The number of nitriles is 1. The lowest BCUT2D eigenvalue weighted by molar-refractivity contribution is -0.150. The molecule has 2 aliphatic carbocycles. The van der Waals surface area contributed by atoms with Gasteiger partial charge in [0.25, 0.3) is 0 Å². The highest BCUT2D eigenvalue weighted by Crippen LogP contribution is 2.62. The van der Waals surface area contributed by atoms with Gasteiger partial charge in [-0.05, 0) is 92.1 Å². The average Bonchev–Trinajstić information content (AvgIpc) is 3.65. The molecule has 7 aliphatic rings. The number of piperazine rings is 1. The number of fused-ring (bicyclic) bond motifs is 11. The molecule has 9 atom stereocenters. The number of cyclic esters (lactones) is 1. The zero-order valence-electron chi connectivity index (χ0n) is 31.0. The number of hydrogen-bond acceptors (Lipinski definition) is 14. The predicted molar refractivity (Wildman–Crippen MR) is 194 cm³/mol. The van der Waals surface area contributed by atoms with Crippen molar-refractivity contribution < 1.29 is 48.2 Å². The number of carbonyl (C=O) groups is 2. The van der Waals surface area contributed by atoms with Crippen LogP contribution in [0, 0.1) is 18.3 Å². The molecule has 0 radical (unpaired) electrons. The zero-order chi connectivity index (χ0) is 38.0. The quantitative estimate of drug-likeness (QED) is 0.341. The van der Waals surface area contributed by atoms with E-state index < -0.39 is 58.3 Å². The Morgan fingerprint density at radius 3 is 2.63 bits per heavy atom. The highest BCUT2D eigenvalue weighted by atomic mass is 32.2. The first kappa shape index (κ1) is 35.3. The molecule has 9 rings (SSSR count). The number of phenols is 2. The Labute approximate surface area is 317 Å². The van der Waals surface area contributed by atoms with Gasteiger partial charge in [-0.3, -0.25) is 19.4 Å². The second kappa shape index (κ2) is 12.6. The lowest BCUT2D eigenvalue weighted by Crippen LogP contribution is -2.73. The fourth-order valence-electron chi connectivity index (χ4n) is 10.6. The van der Waals surface area contributed by atoms with Gasteiger partial charge >= 0.3 is 11.9 Å². The van der Waals surface area contributed by atoms with E-state index in [9.17, 15) is 25.1 Å². The number of methoxy groups -OCH3 is 2. The first-order chi connectivity index (χ1) is 25.9. The Kier molecular flexibility index (Phi) is 8.21. The molecule has 1 spiro atoms. The van der Waals surface area contributed by atoms with Gasteiger partial charge in [0.05, 0.1) is 32.4 Å². The van der Waals surface area contributed by atoms with Gasteiger partial charge in [-0.15, -0.1) is 11.8 Å². The van der Waals surface area contributed by atoms with Crippen LogP contribution in [0.3, 0.4) is 0 Å². The third kappa shape index (κ3) is 4.68. The molecule has 0 saturated carbocycles. The molecule has 2 saturated heterocycles. The minimum absolute atomic E-state index is 0.00861. The van der Waals surface area contributed by atoms with Crippen molar-refractivity contribution in [2.45, 2.75) is 98.9 Å². The lowest BCUT2D eigenvalue weighted by Gasteiger charge is -2.62. The number of aromatic hydroxyl groups is 2. The molecular formula is C40H43N3O10S. The minimum atomic E-state index is -1.28. The summed E-state index contributed by atoms with van der Waals surface area (Å²) in [6, 6.07) is 5.49. The second-order valence-corrected chi connectivity index (χ2v) is 16.8. The molecule has 3 unspecified atom stereocenters. The van der Waals surface area contributed by atoms with Crippen molar-refractivity contribution in [2.24, 2.45) is 0 Å². The van der Waals surface area contributed by atoms with Gasteiger partial charge in [-0.25, -0.2) is 0 Å². The third-order valence-corrected chi connectivity index (χ3v) is 14.6. The average molecular weight is 758 g/mol. The SMILES string of the molecule is COc1cc2c(cc1O)CCC[C@]21SC2C3=C(C4OCOC4=C(C)C3OC(C)=O)[C@@H](COC1=O)N1[C@@H](C#N)[C@@H]3Cc4cc(C)c(OC)c(O)c4[C@H]([C@H]21)N3C. The summed E-state index contributed by atoms with van der Waals surface area (Å²) in [6.07, 6.45) is 0.698. The Morgan fingerprint density at radius 2 is 1.91 bits per heavy atom. The normalized spacial score (nSPS) is 33.8. The molecule has 14 heteroatoms. The van der Waals surface area contributed by atoms with Crippen LogP contribution in [-0.4, -0.2) is 108 Å². The molecule has 2 aromatic carbocycles. The van der Waals surface area contributed by atoms with E-state index in [4.69, 9.17) is 28.4 Å². The third-order valence-electron chi connectivity index (χ3n) is 12.8. The molecule has 0 amide bonds. The molecule has 2 N–H and O–H groups in total. The van der Waals surface area contributed by atoms with Gasteiger partial charge in [0.15, 0.2) is 29.8 Å². The highest BCUT2D eigenvalue weighted by Gasteiger charge is 2.65. The number of benzene rings is 2. The number of rotatable bonds is 3. The van der Waals surface area contributed by atoms with E-state index in [0.717, 1.165) is 27.8 Å². The van der Waals surface area contributed by atoms with Crippen LogP contribution in [0.5, 0.6) is 23.0 Å². The Morgan fingerprint density at radius 1 is 1.11 bits per heavy atom. The molecule has 2 aromatic rings. The number of likely N-dealkylation sites (N-methyl/N-ethyl adjacent to an activating group) is 1. The van der Waals surface area contributed by atoms with E-state index in [2.05, 4.69) is 15.9 Å². The van der Waals surface area contributed by atoms with E-state index in [1.807, 2.05) is 27.0 Å². The number of aryl methyl sites for hydroxylation is 2. The van der Waals surface area contributed by atoms with Crippen molar-refractivity contribution in [2.75, 3.05) is 34.7 Å². The first-order valence-electron chi connectivity index (χ1n) is 18.4. The second-order valence-electron chi connectivity index (χ2n) is 15.3. The van der Waals surface area contributed by atoms with Crippen LogP contribution in [0.2, 0.25) is 0 Å². The molecule has 0 aromatic heterocycles. The van der Waals surface area contributed by atoms with Crippen molar-refractivity contribution in [3.63, 3.8) is 0 Å². The summed E-state index contributed by atoms with van der Waals surface area (Å²) < 4.78 is 35.2. The van der Waals surface area contributed by atoms with Gasteiger partial charge in [0.1, 0.15) is 35.4 Å². The number of nitrogens with zero attached hydrogens (tertiary/aromatic N) is 3. The number of thioether (sulfide) groups is 1. The molecule has 13 nitrogen and oxygen atoms in total. The first-order valence-corrected chi connectivity index (χ1v) is 19.2. The molecule has 54 heavy (non-hydrogen) atoms. The van der Waals surface area contributed by atoms with Crippen molar-refractivity contribution in [1.29, 1.82) is 5.26 Å². The highest BCUT2D eigenvalue weighted by molar-refractivity contribution is 8.01. The van der Waals surface area contributed by atoms with E-state index in [-0.39, 0.29) is 36.7 Å². The maximum absolute atomic E-state index is 15.0. The van der Waals surface area contributed by atoms with Gasteiger partial charge in [-0.1, -0.05) is 6.07 Å². The molecule has 5 heterocycles. The van der Waals surface area contributed by atoms with Crippen molar-refractivity contribution >= 4 is 23.7 Å². The van der Waals surface area contributed by atoms with Crippen LogP contribution in [0.4, 0.5) is 0 Å². The molecule has 2 fully saturated rings. The minimum Gasteiger partial charge on any atom is -0.504 e. The number of esters is 2. The van der Waals surface area contributed by atoms with E-state index in [1.54, 1.807) is 19.2 Å². The summed E-state index contributed by atoms with van der Waals surface area (Å²) >= 11 is 1.44. The Balaban J connectivity index is 1.36. The summed E-state index contributed by atoms with van der Waals surface area (Å²) in [6.45, 7) is 5.05. The van der Waals surface area contributed by atoms with E-state index in [1.165, 1.54) is 25.8 Å². The van der Waals surface area contributed by atoms with Crippen LogP contribution >= 0.6 is 11.8 Å². The predicted octanol–water partition coefficient (Wildman–Crippen LogP) is 4.06. The zero-order valence-corrected chi connectivity index (χ0v) is 31.8. The number of ether oxygens (including phenoxy) is 6. The van der Waals surface area contributed by atoms with Gasteiger partial charge in [0.2, 0.25) is 0 Å². The standard InChI is InChI=1S/C40H43N3O10S/c1-17-10-21-11-23-24(14-41)43-25-15-50-39(47)40(9-7-8-20-12-26(45)27(48-5)13-22(20)40)54-38(32(43)31(42(23)4)28(21)33(46)34(17)49-6)30-29(25)37-36(51-16-52-37)18(2)35(30)53-19(3)44/h10,12-13,23-25,31-32,35,37-38,45-46H,7-9,11,15-16H2,1-6H3/t23-,24-,25+,31+,32+,35?,37?,38?,40-/m0/s1. The summed E-state index contributed by atoms with van der Waals surface area (Å²) in [5.41, 5.74) is 6.18.